The Kier molecular flexibility index (Phi) is 14.6. The number of carboxylic acids is 2. The zero-order valence-electron chi connectivity index (χ0n) is 21.3. The summed E-state index contributed by atoms with van der Waals surface area (Å²) in [5.41, 5.74) is 2.93. The Morgan fingerprint density at radius 2 is 1.55 bits per heavy atom. The fourth-order valence-corrected chi connectivity index (χ4v) is 2.87. The van der Waals surface area contributed by atoms with Gasteiger partial charge in [-0.15, -0.1) is 0 Å². The summed E-state index contributed by atoms with van der Waals surface area (Å²) in [5.74, 6) is -4.41. The van der Waals surface area contributed by atoms with Gasteiger partial charge in [0.05, 0.1) is 12.2 Å². The third-order valence-corrected chi connectivity index (χ3v) is 4.80. The van der Waals surface area contributed by atoms with Gasteiger partial charge >= 0.3 is 24.3 Å². The van der Waals surface area contributed by atoms with Gasteiger partial charge in [-0.2, -0.15) is 26.3 Å². The largest absolute Gasteiger partial charge is 0.490 e. The quantitative estimate of drug-likeness (QED) is 0.369. The number of fused-ring (bicyclic) bond motifs is 1. The highest BCUT2D eigenvalue weighted by molar-refractivity contribution is 5.98. The first-order valence-electron chi connectivity index (χ1n) is 11.2. The fourth-order valence-electron chi connectivity index (χ4n) is 2.87. The maximum atomic E-state index is 12.2. The topological polar surface area (TPSA) is 141 Å². The summed E-state index contributed by atoms with van der Waals surface area (Å²) in [4.78, 5) is 37.2. The maximum Gasteiger partial charge on any atom is 0.490 e. The molecule has 0 saturated carbocycles. The smallest absolute Gasteiger partial charge is 0.475 e. The van der Waals surface area contributed by atoms with E-state index in [0.29, 0.717) is 17.3 Å². The normalized spacial score (nSPS) is 13.7. The van der Waals surface area contributed by atoms with Crippen molar-refractivity contribution >= 4 is 23.7 Å². The molecule has 0 unspecified atom stereocenters. The van der Waals surface area contributed by atoms with E-state index in [1.54, 1.807) is 14.2 Å². The number of methoxy groups -OCH3 is 1. The summed E-state index contributed by atoms with van der Waals surface area (Å²) < 4.78 is 68.7. The zero-order chi connectivity index (χ0) is 29.7. The van der Waals surface area contributed by atoms with Gasteiger partial charge in [-0.1, -0.05) is 13.8 Å². The fraction of sp³-hybridized carbons (Fsp3) is 0.636. The lowest BCUT2D eigenvalue weighted by molar-refractivity contribution is -0.193. The number of halogens is 6. The molecule has 1 aromatic heterocycles. The van der Waals surface area contributed by atoms with Gasteiger partial charge in [0.15, 0.2) is 0 Å². The number of anilines is 1. The second-order valence-corrected chi connectivity index (χ2v) is 8.28. The molecule has 38 heavy (non-hydrogen) atoms. The number of aromatic nitrogens is 1. The minimum absolute atomic E-state index is 0.0861. The Hall–Kier alpha value is -3.14. The predicted octanol–water partition coefficient (Wildman–Crippen LogP) is 2.82. The van der Waals surface area contributed by atoms with Crippen molar-refractivity contribution in [1.82, 2.24) is 15.2 Å². The Labute approximate surface area is 215 Å². The number of hydrogen-bond acceptors (Lipinski definition) is 7. The predicted molar refractivity (Wildman–Crippen MR) is 124 cm³/mol. The number of ether oxygens (including phenoxy) is 1. The van der Waals surface area contributed by atoms with Crippen LogP contribution >= 0.6 is 0 Å². The molecule has 1 amide bonds. The standard InChI is InChI=1S/C18H30N4O2.2C2HF3O2/c1-13(2)12-20-17-15(18(23)19-3)11-14-5-7-22(9-10-24-4)8-6-16(14)21-17;2*3-2(4,5)1(6)7/h11,13H,5-10,12H2,1-4H3,(H,19,23)(H,20,21);2*(H,6,7). The number of rotatable bonds is 7. The molecule has 1 aromatic rings. The van der Waals surface area contributed by atoms with Crippen LogP contribution in [0.3, 0.4) is 0 Å². The number of pyridine rings is 1. The van der Waals surface area contributed by atoms with Crippen LogP contribution in [0.5, 0.6) is 0 Å². The minimum atomic E-state index is -5.08. The third kappa shape index (κ3) is 13.4. The van der Waals surface area contributed by atoms with E-state index in [4.69, 9.17) is 29.5 Å². The van der Waals surface area contributed by atoms with Gasteiger partial charge in [-0.05, 0) is 24.0 Å². The monoisotopic (exact) mass is 562 g/mol. The SMILES string of the molecule is CNC(=O)c1cc2c(nc1NCC(C)C)CCN(CCOC)CC2.O=C(O)C(F)(F)F.O=C(O)C(F)(F)F. The van der Waals surface area contributed by atoms with Gasteiger partial charge in [0, 0.05) is 52.5 Å². The van der Waals surface area contributed by atoms with Crippen LogP contribution in [0.1, 0.15) is 35.5 Å². The van der Waals surface area contributed by atoms with Crippen LogP contribution in [-0.4, -0.2) is 97.2 Å². The van der Waals surface area contributed by atoms with Crippen LogP contribution < -0.4 is 10.6 Å². The molecule has 0 saturated heterocycles. The van der Waals surface area contributed by atoms with Crippen LogP contribution in [0.4, 0.5) is 32.2 Å². The molecule has 0 spiro atoms. The first-order valence-corrected chi connectivity index (χ1v) is 11.2. The van der Waals surface area contributed by atoms with E-state index in [2.05, 4.69) is 29.4 Å². The van der Waals surface area contributed by atoms with Crippen LogP contribution in [0.15, 0.2) is 6.07 Å². The Morgan fingerprint density at radius 1 is 1.05 bits per heavy atom. The van der Waals surface area contributed by atoms with Gasteiger partial charge in [0.1, 0.15) is 5.82 Å². The van der Waals surface area contributed by atoms with E-state index < -0.39 is 24.3 Å². The maximum absolute atomic E-state index is 12.2. The Morgan fingerprint density at radius 3 is 1.97 bits per heavy atom. The van der Waals surface area contributed by atoms with Gasteiger partial charge in [-0.3, -0.25) is 4.79 Å². The number of carboxylic acid groups (broad SMARTS) is 2. The Bertz CT molecular complexity index is 901. The molecule has 0 aliphatic carbocycles. The molecular weight excluding hydrogens is 530 g/mol. The van der Waals surface area contributed by atoms with Gasteiger partial charge in [-0.25, -0.2) is 14.6 Å². The number of alkyl halides is 6. The van der Waals surface area contributed by atoms with Crippen molar-refractivity contribution in [2.45, 2.75) is 39.0 Å². The first kappa shape index (κ1) is 34.9. The molecule has 218 valence electrons. The van der Waals surface area contributed by atoms with Crippen molar-refractivity contribution in [2.24, 2.45) is 5.92 Å². The number of amides is 1. The van der Waals surface area contributed by atoms with E-state index in [-0.39, 0.29) is 5.91 Å². The number of carbonyl (C=O) groups is 3. The van der Waals surface area contributed by atoms with Crippen molar-refractivity contribution in [2.75, 3.05) is 52.3 Å². The van der Waals surface area contributed by atoms with Crippen molar-refractivity contribution in [3.8, 4) is 0 Å². The molecule has 0 atom stereocenters. The molecule has 2 heterocycles. The molecule has 0 fully saturated rings. The number of nitrogens with zero attached hydrogens (tertiary/aromatic N) is 2. The average Bonchev–Trinajstić information content (AvgIpc) is 3.01. The summed E-state index contributed by atoms with van der Waals surface area (Å²) in [7, 11) is 3.39. The molecule has 0 radical (unpaired) electrons. The van der Waals surface area contributed by atoms with Crippen LogP contribution in [0.25, 0.3) is 0 Å². The minimum Gasteiger partial charge on any atom is -0.475 e. The van der Waals surface area contributed by atoms with Crippen molar-refractivity contribution in [3.63, 3.8) is 0 Å². The highest BCUT2D eigenvalue weighted by atomic mass is 19.4. The number of nitrogens with one attached hydrogen (secondary N) is 2. The van der Waals surface area contributed by atoms with Crippen LogP contribution in [0.2, 0.25) is 0 Å². The van der Waals surface area contributed by atoms with Crippen molar-refractivity contribution < 1.29 is 55.7 Å². The van der Waals surface area contributed by atoms with Crippen molar-refractivity contribution in [3.05, 3.63) is 22.9 Å². The Balaban J connectivity index is 0.000000804. The summed E-state index contributed by atoms with van der Waals surface area (Å²) in [6.45, 7) is 8.72. The van der Waals surface area contributed by atoms with Crippen LogP contribution in [-0.2, 0) is 27.2 Å². The average molecular weight is 563 g/mol. The molecule has 0 aromatic carbocycles. The summed E-state index contributed by atoms with van der Waals surface area (Å²) in [6.07, 6.45) is -8.34. The highest BCUT2D eigenvalue weighted by Gasteiger charge is 2.38. The highest BCUT2D eigenvalue weighted by Crippen LogP contribution is 2.22. The lowest BCUT2D eigenvalue weighted by Gasteiger charge is -2.18. The summed E-state index contributed by atoms with van der Waals surface area (Å²) in [5, 5.41) is 20.3. The molecule has 4 N–H and O–H groups in total. The molecule has 1 aliphatic heterocycles. The summed E-state index contributed by atoms with van der Waals surface area (Å²) >= 11 is 0. The van der Waals surface area contributed by atoms with Crippen LogP contribution in [0, 0.1) is 5.92 Å². The second-order valence-electron chi connectivity index (χ2n) is 8.28. The van der Waals surface area contributed by atoms with Crippen molar-refractivity contribution in [1.29, 1.82) is 0 Å². The van der Waals surface area contributed by atoms with E-state index in [0.717, 1.165) is 51.3 Å². The zero-order valence-corrected chi connectivity index (χ0v) is 21.3. The molecule has 1 aliphatic rings. The number of hydrogen-bond donors (Lipinski definition) is 4. The van der Waals surface area contributed by atoms with Gasteiger partial charge in [0.2, 0.25) is 0 Å². The van der Waals surface area contributed by atoms with Gasteiger partial charge < -0.3 is 30.5 Å². The van der Waals surface area contributed by atoms with E-state index in [1.165, 1.54) is 5.56 Å². The molecule has 2 rings (SSSR count). The number of carbonyl (C=O) groups excluding carboxylic acids is 1. The first-order chi connectivity index (χ1) is 17.4. The molecule has 0 bridgehead atoms. The number of aliphatic carboxylic acids is 2. The molecular formula is C22H32F6N4O6. The molecule has 16 heteroatoms. The second kappa shape index (κ2) is 16.0. The summed E-state index contributed by atoms with van der Waals surface area (Å²) in [6, 6.07) is 2.02. The van der Waals surface area contributed by atoms with E-state index in [9.17, 15) is 31.1 Å². The lowest BCUT2D eigenvalue weighted by Crippen LogP contribution is -2.29. The van der Waals surface area contributed by atoms with E-state index >= 15 is 0 Å². The van der Waals surface area contributed by atoms with E-state index in [1.807, 2.05) is 6.07 Å². The third-order valence-electron chi connectivity index (χ3n) is 4.80. The van der Waals surface area contributed by atoms with Gasteiger partial charge in [0.25, 0.3) is 5.91 Å². The molecule has 10 nitrogen and oxygen atoms in total. The lowest BCUT2D eigenvalue weighted by atomic mass is 10.0.